The number of nitrogens with one attached hydrogen (secondary N) is 4. The number of hydrogen-bond acceptors (Lipinski definition) is 17. The summed E-state index contributed by atoms with van der Waals surface area (Å²) in [5.74, 6) is 1.15. The third kappa shape index (κ3) is 22.8. The number of imidazole rings is 1. The second-order valence-corrected chi connectivity index (χ2v) is 20.3. The molecule has 7 rings (SSSR count). The number of ether oxygens (including phenoxy) is 5. The molecule has 0 unspecified atom stereocenters. The van der Waals surface area contributed by atoms with Crippen LogP contribution in [0.5, 0.6) is 0 Å². The van der Waals surface area contributed by atoms with E-state index in [0.29, 0.717) is 114 Å². The number of aliphatic hydroxyl groups is 1. The monoisotopic (exact) mass is 1150 g/mol. The van der Waals surface area contributed by atoms with Crippen molar-refractivity contribution in [2.45, 2.75) is 65.3 Å². The smallest absolute Gasteiger partial charge is 0.321 e. The highest BCUT2D eigenvalue weighted by molar-refractivity contribution is 8.06. The number of nitrogens with two attached hydrogens (primary N) is 1. The summed E-state index contributed by atoms with van der Waals surface area (Å²) < 4.78 is 39.4. The quantitative estimate of drug-likeness (QED) is 0.0115. The first-order valence-corrected chi connectivity index (χ1v) is 29.7. The summed E-state index contributed by atoms with van der Waals surface area (Å²) in [4.78, 5) is 61.9. The molecule has 0 aliphatic carbocycles. The van der Waals surface area contributed by atoms with Crippen molar-refractivity contribution in [1.29, 1.82) is 0 Å². The zero-order valence-corrected chi connectivity index (χ0v) is 48.5. The number of aromatic amines is 1. The number of hydrogen-bond donors (Lipinski definition) is 8. The maximum Gasteiger partial charge on any atom is 0.321 e. The fraction of sp³-hybridized carbons (Fsp3) is 0.448. The number of benzene rings is 4. The number of amides is 1. The Morgan fingerprint density at radius 3 is 2.06 bits per heavy atom. The third-order valence-corrected chi connectivity index (χ3v) is 12.9. The van der Waals surface area contributed by atoms with E-state index in [4.69, 9.17) is 53.7 Å². The second kappa shape index (κ2) is 37.8. The number of fused-ring (bicyclic) bond motifs is 5. The molecule has 6 aromatic rings. The van der Waals surface area contributed by atoms with Gasteiger partial charge in [0, 0.05) is 94.2 Å². The van der Waals surface area contributed by atoms with E-state index >= 15 is 0 Å². The highest BCUT2D eigenvalue weighted by Gasteiger charge is 2.21. The number of unbranched alkanes of at least 4 members (excludes halogenated alkanes) is 3. The SMILES string of the molecule is CC.CNc1ccc(-c2cc(=O)c3ccc4[nH]c(CCOCCOCCOCCOCCOCCN/C5=C(\N)c6ccccc6CN(C)c6ccccc65)nc4c3o2)cc1.CO.O=CCCC(=O)NCCCCCCOP(O)(O)=S. The fourth-order valence-corrected chi connectivity index (χ4v) is 8.81. The zero-order chi connectivity index (χ0) is 58.0. The lowest BCUT2D eigenvalue weighted by Crippen LogP contribution is -2.27. The van der Waals surface area contributed by atoms with Crippen molar-refractivity contribution in [3.63, 3.8) is 0 Å². The molecule has 0 radical (unpaired) electrons. The molecule has 80 heavy (non-hydrogen) atoms. The predicted octanol–water partition coefficient (Wildman–Crippen LogP) is 7.53. The number of aromatic nitrogens is 2. The number of carbonyl (C=O) groups is 2. The van der Waals surface area contributed by atoms with E-state index in [1.165, 1.54) is 11.6 Å². The van der Waals surface area contributed by atoms with Gasteiger partial charge in [-0.2, -0.15) is 0 Å². The van der Waals surface area contributed by atoms with Crippen LogP contribution >= 0.6 is 6.72 Å². The maximum atomic E-state index is 12.9. The van der Waals surface area contributed by atoms with Crippen LogP contribution in [0.2, 0.25) is 0 Å². The van der Waals surface area contributed by atoms with Gasteiger partial charge < -0.3 is 83.9 Å². The lowest BCUT2D eigenvalue weighted by atomic mass is 9.96. The molecule has 4 aromatic carbocycles. The minimum atomic E-state index is -3.50. The number of rotatable bonds is 32. The average molecular weight is 1150 g/mol. The van der Waals surface area contributed by atoms with Gasteiger partial charge in [0.05, 0.1) is 95.0 Å². The Labute approximate surface area is 474 Å². The summed E-state index contributed by atoms with van der Waals surface area (Å²) in [6.45, 7) is 7.50. The van der Waals surface area contributed by atoms with E-state index in [-0.39, 0.29) is 30.8 Å². The number of nitrogens with zero attached hydrogens (tertiary/aromatic N) is 2. The first-order valence-electron chi connectivity index (χ1n) is 27.1. The summed E-state index contributed by atoms with van der Waals surface area (Å²) in [6.07, 6.45) is 5.15. The van der Waals surface area contributed by atoms with Crippen LogP contribution in [0.4, 0.5) is 11.4 Å². The Morgan fingerprint density at radius 1 is 0.800 bits per heavy atom. The van der Waals surface area contributed by atoms with Gasteiger partial charge in [0.1, 0.15) is 23.4 Å². The first kappa shape index (κ1) is 66.4. The van der Waals surface area contributed by atoms with Crippen molar-refractivity contribution in [2.24, 2.45) is 5.73 Å². The minimum absolute atomic E-state index is 0.105. The number of carbonyl (C=O) groups excluding carboxylic acids is 2. The molecule has 0 bridgehead atoms. The Bertz CT molecular complexity index is 2900. The molecule has 9 N–H and O–H groups in total. The molecule has 1 amide bonds. The van der Waals surface area contributed by atoms with E-state index in [9.17, 15) is 14.4 Å². The number of para-hydroxylation sites is 1. The molecule has 1 aliphatic heterocycles. The van der Waals surface area contributed by atoms with Gasteiger partial charge in [0.25, 0.3) is 0 Å². The standard InChI is InChI=1S/C45H52N6O7.C10H20NO5PS.C2H6.CH4O/c1-47-33-13-11-31(12-14-33)40-29-39(52)36-15-16-37-44(45(36)58-40)50-41(49-37)17-19-53-21-23-55-25-27-57-28-26-56-24-22-54-20-18-48-43-35-9-5-6-10-38(35)51(2)30-32-7-3-4-8-34(32)42(43)46;12-8-5-6-10(13)11-7-3-1-2-4-9-16-17(14,15)18;2*1-2/h3-16,29,47-48H,17-28,30,46H2,1-2H3,(H,49,50);8H,1-7,9H2,(H,11,13)(H2,14,15,18);1-2H3;2H,1H3/b43-42-;;;. The van der Waals surface area contributed by atoms with Crippen molar-refractivity contribution < 1.29 is 57.1 Å². The van der Waals surface area contributed by atoms with Crippen molar-refractivity contribution in [1.82, 2.24) is 20.6 Å². The highest BCUT2D eigenvalue weighted by atomic mass is 32.5. The third-order valence-electron chi connectivity index (χ3n) is 12.1. The van der Waals surface area contributed by atoms with Crippen molar-refractivity contribution in [2.75, 3.05) is 117 Å². The van der Waals surface area contributed by atoms with Crippen LogP contribution in [0, 0.1) is 0 Å². The van der Waals surface area contributed by atoms with Gasteiger partial charge in [-0.15, -0.1) is 0 Å². The van der Waals surface area contributed by atoms with Gasteiger partial charge in [-0.25, -0.2) is 4.98 Å². The molecule has 20 nitrogen and oxygen atoms in total. The molecule has 3 heterocycles. The van der Waals surface area contributed by atoms with E-state index < -0.39 is 6.72 Å². The largest absolute Gasteiger partial charge is 0.453 e. The summed E-state index contributed by atoms with van der Waals surface area (Å²) in [7, 11) is 4.97. The molecule has 438 valence electrons. The van der Waals surface area contributed by atoms with Crippen LogP contribution in [0.1, 0.15) is 74.9 Å². The van der Waals surface area contributed by atoms with Crippen LogP contribution in [0.25, 0.3) is 44.7 Å². The van der Waals surface area contributed by atoms with Gasteiger partial charge in [-0.05, 0) is 72.7 Å². The van der Waals surface area contributed by atoms with Gasteiger partial charge in [0.15, 0.2) is 11.0 Å². The molecule has 0 fully saturated rings. The summed E-state index contributed by atoms with van der Waals surface area (Å²) in [5, 5.41) is 16.8. The highest BCUT2D eigenvalue weighted by Crippen LogP contribution is 2.37. The predicted molar refractivity (Wildman–Crippen MR) is 320 cm³/mol. The molecule has 22 heteroatoms. The van der Waals surface area contributed by atoms with E-state index in [1.54, 1.807) is 6.07 Å². The molecule has 0 saturated heterocycles. The first-order chi connectivity index (χ1) is 39.0. The molecule has 0 spiro atoms. The Kier molecular flexibility index (Phi) is 31.4. The Morgan fingerprint density at radius 2 is 1.41 bits per heavy atom. The number of H-pyrrole nitrogens is 1. The minimum Gasteiger partial charge on any atom is -0.453 e. The molecular weight excluding hydrogens is 1070 g/mol. The van der Waals surface area contributed by atoms with Crippen LogP contribution in [0.3, 0.4) is 0 Å². The van der Waals surface area contributed by atoms with Crippen LogP contribution in [-0.4, -0.2) is 144 Å². The molecule has 0 saturated carbocycles. The number of aldehydes is 1. The lowest BCUT2D eigenvalue weighted by Gasteiger charge is -2.29. The molecule has 1 aliphatic rings. The second-order valence-electron chi connectivity index (χ2n) is 17.7. The van der Waals surface area contributed by atoms with Crippen LogP contribution in [0.15, 0.2) is 100 Å². The Hall–Kier alpha value is -6.07. The Balaban J connectivity index is 0.000000533. The molecule has 0 atom stereocenters. The lowest BCUT2D eigenvalue weighted by molar-refractivity contribution is -0.122. The molecular formula is C58H82N7O13PS. The van der Waals surface area contributed by atoms with Crippen molar-refractivity contribution >= 4 is 75.5 Å². The van der Waals surface area contributed by atoms with E-state index in [2.05, 4.69) is 85.6 Å². The van der Waals surface area contributed by atoms with E-state index in [0.717, 1.165) is 90.0 Å². The zero-order valence-electron chi connectivity index (χ0n) is 46.8. The van der Waals surface area contributed by atoms with Gasteiger partial charge >= 0.3 is 6.72 Å². The van der Waals surface area contributed by atoms with Crippen molar-refractivity contribution in [3.05, 3.63) is 124 Å². The fourth-order valence-electron chi connectivity index (χ4n) is 8.22. The summed E-state index contributed by atoms with van der Waals surface area (Å²) in [5.41, 5.74) is 16.4. The number of anilines is 2. The van der Waals surface area contributed by atoms with Gasteiger partial charge in [-0.3, -0.25) is 9.59 Å². The maximum absolute atomic E-state index is 12.9. The van der Waals surface area contributed by atoms with Crippen LogP contribution in [-0.2, 0) is 62.6 Å². The molecule has 2 aromatic heterocycles. The normalized spacial score (nSPS) is 12.8. The van der Waals surface area contributed by atoms with Gasteiger partial charge in [0.2, 0.25) is 5.91 Å². The topological polar surface area (TPSA) is 274 Å². The average Bonchev–Trinajstić information content (AvgIpc) is 4.05. The summed E-state index contributed by atoms with van der Waals surface area (Å²) >= 11 is 4.30. The van der Waals surface area contributed by atoms with Crippen molar-refractivity contribution in [3.8, 4) is 11.3 Å². The van der Waals surface area contributed by atoms with Crippen LogP contribution < -0.4 is 32.0 Å². The summed E-state index contributed by atoms with van der Waals surface area (Å²) in [6, 6.07) is 29.5. The van der Waals surface area contributed by atoms with E-state index in [1.807, 2.05) is 63.4 Å². The number of aliphatic hydroxyl groups excluding tert-OH is 1. The van der Waals surface area contributed by atoms with Gasteiger partial charge in [-0.1, -0.05) is 69.2 Å².